The summed E-state index contributed by atoms with van der Waals surface area (Å²) in [5, 5.41) is 3.58. The molecule has 1 aromatic heterocycles. The molecule has 1 rings (SSSR count). The van der Waals surface area contributed by atoms with E-state index in [-0.39, 0.29) is 0 Å². The molecule has 2 nitrogen and oxygen atoms in total. The molecule has 0 aliphatic carbocycles. The molecule has 3 radical (unpaired) electrons. The molecule has 0 aromatic carbocycles. The molecule has 0 amide bonds. The fraction of sp³-hybridized carbons (Fsp3) is 0. The Balaban J connectivity index is 3.05. The van der Waals surface area contributed by atoms with E-state index in [4.69, 9.17) is 0 Å². The number of nitrogens with zero attached hydrogens (tertiary/aromatic N) is 1. The predicted octanol–water partition coefficient (Wildman–Crippen LogP) is -0.532. The molecule has 0 spiro atoms. The number of aromatic nitrogens is 1. The van der Waals surface area contributed by atoms with Crippen LogP contribution in [0.1, 0.15) is 0 Å². The van der Waals surface area contributed by atoms with Crippen LogP contribution in [0.2, 0.25) is 0 Å². The van der Waals surface area contributed by atoms with Crippen molar-refractivity contribution in [2.45, 2.75) is 0 Å². The molecule has 0 saturated carbocycles. The average Bonchev–Trinajstić information content (AvgIpc) is 1.86. The van der Waals surface area contributed by atoms with Crippen LogP contribution in [0.5, 0.6) is 0 Å². The van der Waals surface area contributed by atoms with Gasteiger partial charge in [-0.2, -0.15) is 0 Å². The van der Waals surface area contributed by atoms with Crippen LogP contribution in [-0.2, 0) is 0 Å². The first-order valence-corrected chi connectivity index (χ1v) is 2.94. The van der Waals surface area contributed by atoms with Gasteiger partial charge in [-0.25, -0.2) is 0 Å². The van der Waals surface area contributed by atoms with E-state index in [0.717, 1.165) is 3.71 Å². The molecule has 0 fully saturated rings. The maximum absolute atomic E-state index is 4.49. The molecule has 0 unspecified atom stereocenters. The zero-order valence-electron chi connectivity index (χ0n) is 3.01. The molecule has 6 heavy (non-hydrogen) atoms. The Kier molecular flexibility index (Phi) is 1.14. The van der Waals surface area contributed by atoms with Crippen molar-refractivity contribution >= 4 is 26.2 Å². The Hall–Kier alpha value is 0.00870. The third-order valence-electron chi connectivity index (χ3n) is 0.438. The van der Waals surface area contributed by atoms with Crippen molar-refractivity contribution in [3.05, 3.63) is 12.3 Å². The van der Waals surface area contributed by atoms with Gasteiger partial charge in [-0.1, -0.05) is 0 Å². The van der Waals surface area contributed by atoms with Crippen LogP contribution in [0.25, 0.3) is 0 Å². The first kappa shape index (κ1) is 4.18. The van der Waals surface area contributed by atoms with Crippen molar-refractivity contribution in [2.24, 2.45) is 0 Å². The second-order valence-corrected chi connectivity index (χ2v) is 2.35. The molecular formula is C3H2NOSn. The van der Waals surface area contributed by atoms with Gasteiger partial charge >= 0.3 is 48.2 Å². The Morgan fingerprint density at radius 2 is 2.67 bits per heavy atom. The van der Waals surface area contributed by atoms with Gasteiger partial charge in [-0.15, -0.1) is 0 Å². The molecule has 0 bridgehead atoms. The summed E-state index contributed by atoms with van der Waals surface area (Å²) < 4.78 is 5.50. The van der Waals surface area contributed by atoms with E-state index in [1.165, 1.54) is 22.5 Å². The molecule has 0 aliphatic rings. The molecule has 1 aromatic rings. The second kappa shape index (κ2) is 1.64. The Bertz CT molecular complexity index is 114. The molecule has 0 aliphatic heterocycles. The van der Waals surface area contributed by atoms with E-state index >= 15 is 0 Å². The summed E-state index contributed by atoms with van der Waals surface area (Å²) in [4.78, 5) is 0. The monoisotopic (exact) mass is 188 g/mol. The quantitative estimate of drug-likeness (QED) is 0.510. The van der Waals surface area contributed by atoms with Crippen LogP contribution in [0.3, 0.4) is 0 Å². The Labute approximate surface area is 48.6 Å². The fourth-order valence-electron chi connectivity index (χ4n) is 0.213. The predicted molar refractivity (Wildman–Crippen MR) is 21.9 cm³/mol. The molecule has 29 valence electrons. The summed E-state index contributed by atoms with van der Waals surface area (Å²) >= 11 is 1.30. The minimum atomic E-state index is 1.02. The summed E-state index contributed by atoms with van der Waals surface area (Å²) in [5.74, 6) is 0. The number of rotatable bonds is 0. The van der Waals surface area contributed by atoms with Crippen LogP contribution >= 0.6 is 0 Å². The minimum absolute atomic E-state index is 1.02. The van der Waals surface area contributed by atoms with Crippen molar-refractivity contribution in [2.75, 3.05) is 0 Å². The van der Waals surface area contributed by atoms with Crippen molar-refractivity contribution in [1.82, 2.24) is 5.16 Å². The van der Waals surface area contributed by atoms with Gasteiger partial charge < -0.3 is 0 Å². The number of hydrogen-bond donors (Lipinski definition) is 0. The third-order valence-corrected chi connectivity index (χ3v) is 1.17. The molecule has 0 saturated heterocycles. The van der Waals surface area contributed by atoms with Gasteiger partial charge in [0, 0.05) is 0 Å². The maximum atomic E-state index is 4.49. The molecule has 3 heteroatoms. The van der Waals surface area contributed by atoms with E-state index in [1.807, 2.05) is 6.07 Å². The second-order valence-electron chi connectivity index (χ2n) is 0.885. The SMILES string of the molecule is [Sn][c]1ccon1. The Morgan fingerprint density at radius 1 is 1.83 bits per heavy atom. The van der Waals surface area contributed by atoms with Gasteiger partial charge in [-0.05, 0) is 0 Å². The summed E-state index contributed by atoms with van der Waals surface area (Å²) in [6, 6.07) is 1.85. The van der Waals surface area contributed by atoms with Gasteiger partial charge in [0.15, 0.2) is 0 Å². The molecule has 0 N–H and O–H groups in total. The normalized spacial score (nSPS) is 8.83. The van der Waals surface area contributed by atoms with Crippen LogP contribution in [0, 0.1) is 0 Å². The van der Waals surface area contributed by atoms with E-state index in [1.54, 1.807) is 6.26 Å². The van der Waals surface area contributed by atoms with E-state index in [2.05, 4.69) is 9.68 Å². The first-order chi connectivity index (χ1) is 2.89. The zero-order chi connectivity index (χ0) is 4.41. The Morgan fingerprint density at radius 3 is 2.83 bits per heavy atom. The van der Waals surface area contributed by atoms with Crippen molar-refractivity contribution in [1.29, 1.82) is 0 Å². The molecule has 0 atom stereocenters. The van der Waals surface area contributed by atoms with Crippen LogP contribution in [0.4, 0.5) is 0 Å². The summed E-state index contributed by atoms with van der Waals surface area (Å²) in [6.07, 6.45) is 1.57. The molecular weight excluding hydrogens is 185 g/mol. The van der Waals surface area contributed by atoms with E-state index < -0.39 is 0 Å². The zero-order valence-corrected chi connectivity index (χ0v) is 5.86. The van der Waals surface area contributed by atoms with Crippen LogP contribution in [-0.4, -0.2) is 27.7 Å². The van der Waals surface area contributed by atoms with Gasteiger partial charge in [0.05, 0.1) is 0 Å². The van der Waals surface area contributed by atoms with Gasteiger partial charge in [-0.3, -0.25) is 0 Å². The van der Waals surface area contributed by atoms with Crippen molar-refractivity contribution < 1.29 is 4.52 Å². The van der Waals surface area contributed by atoms with Crippen LogP contribution < -0.4 is 3.71 Å². The van der Waals surface area contributed by atoms with Gasteiger partial charge in [0.2, 0.25) is 0 Å². The standard InChI is InChI=1S/C3H2NO.Sn/c1-2-4-5-3-1;/h1,3H;. The van der Waals surface area contributed by atoms with Gasteiger partial charge in [0.25, 0.3) is 0 Å². The summed E-state index contributed by atoms with van der Waals surface area (Å²) in [7, 11) is 0. The van der Waals surface area contributed by atoms with Crippen molar-refractivity contribution in [3.63, 3.8) is 0 Å². The number of hydrogen-bond acceptors (Lipinski definition) is 2. The average molecular weight is 187 g/mol. The van der Waals surface area contributed by atoms with Crippen LogP contribution in [0.15, 0.2) is 16.9 Å². The van der Waals surface area contributed by atoms with E-state index in [9.17, 15) is 0 Å². The third kappa shape index (κ3) is 0.739. The first-order valence-electron chi connectivity index (χ1n) is 1.51. The van der Waals surface area contributed by atoms with E-state index in [0.29, 0.717) is 0 Å². The molecule has 1 heterocycles. The summed E-state index contributed by atoms with van der Waals surface area (Å²) in [5.41, 5.74) is 0. The fourth-order valence-corrected chi connectivity index (χ4v) is 0.557. The topological polar surface area (TPSA) is 26.0 Å². The van der Waals surface area contributed by atoms with Crippen molar-refractivity contribution in [3.8, 4) is 0 Å². The summed E-state index contributed by atoms with van der Waals surface area (Å²) in [6.45, 7) is 0. The van der Waals surface area contributed by atoms with Gasteiger partial charge in [0.1, 0.15) is 0 Å².